The van der Waals surface area contributed by atoms with Crippen LogP contribution in [0.1, 0.15) is 67.2 Å². The van der Waals surface area contributed by atoms with Crippen LogP contribution in [0, 0.1) is 23.7 Å². The SMILES string of the molecule is CC(C)C(C)C(=O)[C@@H]1[C@@H]2CCCC[C@@H]2CN1C(C)(C)C. The molecule has 2 heteroatoms. The molecule has 0 radical (unpaired) electrons. The van der Waals surface area contributed by atoms with E-state index in [1.54, 1.807) is 0 Å². The van der Waals surface area contributed by atoms with E-state index in [2.05, 4.69) is 46.4 Å². The topological polar surface area (TPSA) is 20.3 Å². The van der Waals surface area contributed by atoms with Crippen molar-refractivity contribution in [3.05, 3.63) is 0 Å². The smallest absolute Gasteiger partial charge is 0.153 e. The van der Waals surface area contributed by atoms with E-state index in [4.69, 9.17) is 0 Å². The van der Waals surface area contributed by atoms with Crippen molar-refractivity contribution in [2.24, 2.45) is 23.7 Å². The molecule has 1 aliphatic heterocycles. The van der Waals surface area contributed by atoms with Crippen molar-refractivity contribution >= 4 is 5.78 Å². The molecule has 0 N–H and O–H groups in total. The highest BCUT2D eigenvalue weighted by molar-refractivity contribution is 5.87. The molecule has 2 rings (SSSR count). The van der Waals surface area contributed by atoms with Crippen LogP contribution in [-0.2, 0) is 4.79 Å². The third-order valence-electron chi connectivity index (χ3n) is 5.74. The number of hydrogen-bond acceptors (Lipinski definition) is 2. The number of rotatable bonds is 3. The van der Waals surface area contributed by atoms with Crippen molar-refractivity contribution in [3.63, 3.8) is 0 Å². The van der Waals surface area contributed by atoms with Crippen LogP contribution in [-0.4, -0.2) is 28.8 Å². The van der Waals surface area contributed by atoms with Gasteiger partial charge in [0.05, 0.1) is 6.04 Å². The van der Waals surface area contributed by atoms with Gasteiger partial charge in [-0.25, -0.2) is 0 Å². The van der Waals surface area contributed by atoms with Gasteiger partial charge in [-0.05, 0) is 51.4 Å². The van der Waals surface area contributed by atoms with Crippen LogP contribution in [0.4, 0.5) is 0 Å². The van der Waals surface area contributed by atoms with Crippen molar-refractivity contribution in [1.82, 2.24) is 4.90 Å². The summed E-state index contributed by atoms with van der Waals surface area (Å²) in [7, 11) is 0. The maximum atomic E-state index is 13.1. The minimum absolute atomic E-state index is 0.106. The highest BCUT2D eigenvalue weighted by atomic mass is 16.1. The Morgan fingerprint density at radius 2 is 1.70 bits per heavy atom. The highest BCUT2D eigenvalue weighted by Gasteiger charge is 2.50. The summed E-state index contributed by atoms with van der Waals surface area (Å²) in [6.07, 6.45) is 5.27. The molecule has 0 aromatic rings. The molecule has 2 fully saturated rings. The molecule has 0 aromatic carbocycles. The normalized spacial score (nSPS) is 33.2. The lowest BCUT2D eigenvalue weighted by molar-refractivity contribution is -0.131. The lowest BCUT2D eigenvalue weighted by Gasteiger charge is -2.39. The number of nitrogens with zero attached hydrogens (tertiary/aromatic N) is 1. The number of fused-ring (bicyclic) bond motifs is 1. The first kappa shape index (κ1) is 16.0. The van der Waals surface area contributed by atoms with Gasteiger partial charge in [-0.1, -0.05) is 33.6 Å². The fourth-order valence-electron chi connectivity index (χ4n) is 4.13. The Bertz CT molecular complexity index is 355. The second-order valence-electron chi connectivity index (χ2n) is 8.41. The molecule has 1 heterocycles. The van der Waals surface area contributed by atoms with Gasteiger partial charge < -0.3 is 0 Å². The first-order valence-corrected chi connectivity index (χ1v) is 8.54. The third kappa shape index (κ3) is 2.95. The molecule has 1 saturated heterocycles. The predicted molar refractivity (Wildman–Crippen MR) is 84.7 cm³/mol. The molecule has 116 valence electrons. The fraction of sp³-hybridized carbons (Fsp3) is 0.944. The zero-order valence-electron chi connectivity index (χ0n) is 14.3. The molecule has 0 bridgehead atoms. The Hall–Kier alpha value is -0.370. The summed E-state index contributed by atoms with van der Waals surface area (Å²) in [5.74, 6) is 2.52. The molecule has 1 saturated carbocycles. The summed E-state index contributed by atoms with van der Waals surface area (Å²) < 4.78 is 0. The van der Waals surface area contributed by atoms with Crippen molar-refractivity contribution < 1.29 is 4.79 Å². The standard InChI is InChI=1S/C18H33NO/c1-12(2)13(3)17(20)16-15-10-8-7-9-14(15)11-19(16)18(4,5)6/h12-16H,7-11H2,1-6H3/t13?,14-,15-,16+/m1/s1. The Labute approximate surface area is 125 Å². The van der Waals surface area contributed by atoms with E-state index < -0.39 is 0 Å². The lowest BCUT2D eigenvalue weighted by Crippen LogP contribution is -2.51. The summed E-state index contributed by atoms with van der Waals surface area (Å²) >= 11 is 0. The molecule has 0 amide bonds. The second kappa shape index (κ2) is 5.79. The number of Topliss-reactive ketones (excluding diaryl/α,β-unsaturated/α-hetero) is 1. The van der Waals surface area contributed by atoms with Crippen molar-refractivity contribution in [2.45, 2.75) is 78.8 Å². The summed E-state index contributed by atoms with van der Waals surface area (Å²) in [6, 6.07) is 0.178. The molecule has 20 heavy (non-hydrogen) atoms. The first-order valence-electron chi connectivity index (χ1n) is 8.54. The summed E-state index contributed by atoms with van der Waals surface area (Å²) in [5.41, 5.74) is 0.106. The molecule has 4 atom stereocenters. The largest absolute Gasteiger partial charge is 0.298 e. The van der Waals surface area contributed by atoms with Crippen LogP contribution < -0.4 is 0 Å². The van der Waals surface area contributed by atoms with E-state index in [0.29, 0.717) is 17.6 Å². The summed E-state index contributed by atoms with van der Waals surface area (Å²) in [6.45, 7) is 14.4. The zero-order chi connectivity index (χ0) is 15.1. The molecular weight excluding hydrogens is 246 g/mol. The minimum atomic E-state index is 0.106. The average Bonchev–Trinajstić information content (AvgIpc) is 2.76. The predicted octanol–water partition coefficient (Wildman–Crippen LogP) is 4.14. The number of carbonyl (C=O) groups is 1. The maximum Gasteiger partial charge on any atom is 0.153 e. The van der Waals surface area contributed by atoms with Gasteiger partial charge in [0.15, 0.2) is 5.78 Å². The Kier molecular flexibility index (Phi) is 4.63. The fourth-order valence-corrected chi connectivity index (χ4v) is 4.13. The lowest BCUT2D eigenvalue weighted by atomic mass is 9.75. The van der Waals surface area contributed by atoms with E-state index in [1.165, 1.54) is 25.7 Å². The molecule has 2 aliphatic rings. The van der Waals surface area contributed by atoms with E-state index in [1.807, 2.05) is 0 Å². The Morgan fingerprint density at radius 1 is 1.10 bits per heavy atom. The van der Waals surface area contributed by atoms with Crippen LogP contribution in [0.3, 0.4) is 0 Å². The first-order chi connectivity index (χ1) is 9.23. The number of hydrogen-bond donors (Lipinski definition) is 0. The van der Waals surface area contributed by atoms with E-state index in [0.717, 1.165) is 12.5 Å². The third-order valence-corrected chi connectivity index (χ3v) is 5.74. The molecule has 0 aromatic heterocycles. The Morgan fingerprint density at radius 3 is 2.25 bits per heavy atom. The van der Waals surface area contributed by atoms with Gasteiger partial charge >= 0.3 is 0 Å². The van der Waals surface area contributed by atoms with E-state index in [9.17, 15) is 4.79 Å². The van der Waals surface area contributed by atoms with Gasteiger partial charge in [-0.15, -0.1) is 0 Å². The van der Waals surface area contributed by atoms with E-state index >= 15 is 0 Å². The molecule has 2 nitrogen and oxygen atoms in total. The van der Waals surface area contributed by atoms with Crippen molar-refractivity contribution in [3.8, 4) is 0 Å². The van der Waals surface area contributed by atoms with Gasteiger partial charge in [0, 0.05) is 18.0 Å². The Balaban J connectivity index is 2.26. The number of ketones is 1. The van der Waals surface area contributed by atoms with Crippen LogP contribution in [0.15, 0.2) is 0 Å². The maximum absolute atomic E-state index is 13.1. The number of likely N-dealkylation sites (tertiary alicyclic amines) is 1. The second-order valence-corrected chi connectivity index (χ2v) is 8.41. The zero-order valence-corrected chi connectivity index (χ0v) is 14.3. The molecule has 1 aliphatic carbocycles. The highest BCUT2D eigenvalue weighted by Crippen LogP contribution is 2.44. The molecule has 0 spiro atoms. The monoisotopic (exact) mass is 279 g/mol. The van der Waals surface area contributed by atoms with Crippen molar-refractivity contribution in [2.75, 3.05) is 6.54 Å². The van der Waals surface area contributed by atoms with Crippen molar-refractivity contribution in [1.29, 1.82) is 0 Å². The van der Waals surface area contributed by atoms with Gasteiger partial charge in [0.1, 0.15) is 0 Å². The van der Waals surface area contributed by atoms with Gasteiger partial charge in [-0.3, -0.25) is 9.69 Å². The van der Waals surface area contributed by atoms with Crippen LogP contribution in [0.25, 0.3) is 0 Å². The summed E-state index contributed by atoms with van der Waals surface area (Å²) in [4.78, 5) is 15.6. The summed E-state index contributed by atoms with van der Waals surface area (Å²) in [5, 5.41) is 0. The average molecular weight is 279 g/mol. The molecule has 1 unspecified atom stereocenters. The van der Waals surface area contributed by atoms with E-state index in [-0.39, 0.29) is 17.5 Å². The number of carbonyl (C=O) groups excluding carboxylic acids is 1. The van der Waals surface area contributed by atoms with Crippen LogP contribution >= 0.6 is 0 Å². The quantitative estimate of drug-likeness (QED) is 0.774. The minimum Gasteiger partial charge on any atom is -0.298 e. The van der Waals surface area contributed by atoms with Gasteiger partial charge in [0.25, 0.3) is 0 Å². The van der Waals surface area contributed by atoms with Crippen LogP contribution in [0.2, 0.25) is 0 Å². The van der Waals surface area contributed by atoms with Gasteiger partial charge in [0.2, 0.25) is 0 Å². The van der Waals surface area contributed by atoms with Gasteiger partial charge in [-0.2, -0.15) is 0 Å². The van der Waals surface area contributed by atoms with Crippen LogP contribution in [0.5, 0.6) is 0 Å². The molecular formula is C18H33NO.